The summed E-state index contributed by atoms with van der Waals surface area (Å²) < 4.78 is 47.9. The molecule has 6 heteroatoms. The minimum absolute atomic E-state index is 0.140. The molecule has 0 bridgehead atoms. The second kappa shape index (κ2) is 6.89. The maximum Gasteiger partial charge on any atom is 0.342 e. The van der Waals surface area contributed by atoms with Crippen molar-refractivity contribution in [2.75, 3.05) is 13.7 Å². The van der Waals surface area contributed by atoms with Gasteiger partial charge in [0, 0.05) is 7.11 Å². The van der Waals surface area contributed by atoms with Crippen LogP contribution in [0.15, 0.2) is 47.4 Å². The van der Waals surface area contributed by atoms with Gasteiger partial charge in [0.05, 0.1) is 6.61 Å². The molecule has 0 spiro atoms. The van der Waals surface area contributed by atoms with Crippen molar-refractivity contribution in [2.24, 2.45) is 0 Å². The predicted molar refractivity (Wildman–Crippen MR) is 81.0 cm³/mol. The third-order valence-electron chi connectivity index (χ3n) is 3.08. The highest BCUT2D eigenvalue weighted by molar-refractivity contribution is 7.87. The Hall–Kier alpha value is -1.92. The highest BCUT2D eigenvalue weighted by Crippen LogP contribution is 2.22. The molecule has 0 heterocycles. The lowest BCUT2D eigenvalue weighted by atomic mass is 10.1. The Morgan fingerprint density at radius 1 is 1.09 bits per heavy atom. The van der Waals surface area contributed by atoms with Gasteiger partial charge in [-0.2, -0.15) is 8.42 Å². The van der Waals surface area contributed by atoms with Crippen molar-refractivity contribution in [3.05, 3.63) is 59.4 Å². The molecule has 0 saturated heterocycles. The van der Waals surface area contributed by atoms with Gasteiger partial charge in [-0.1, -0.05) is 18.2 Å². The van der Waals surface area contributed by atoms with Crippen LogP contribution in [0.5, 0.6) is 5.75 Å². The summed E-state index contributed by atoms with van der Waals surface area (Å²) in [5.74, 6) is -0.683. The van der Waals surface area contributed by atoms with Crippen molar-refractivity contribution in [3.63, 3.8) is 0 Å². The maximum atomic E-state index is 13.8. The summed E-state index contributed by atoms with van der Waals surface area (Å²) in [6.07, 6.45) is 0.718. The van der Waals surface area contributed by atoms with E-state index in [1.807, 2.05) is 0 Å². The molecule has 0 unspecified atom stereocenters. The summed E-state index contributed by atoms with van der Waals surface area (Å²) >= 11 is 0. The van der Waals surface area contributed by atoms with Crippen molar-refractivity contribution < 1.29 is 21.7 Å². The molecule has 0 radical (unpaired) electrons. The molecule has 0 saturated carbocycles. The Bertz CT molecular complexity index is 739. The first-order chi connectivity index (χ1) is 10.4. The summed E-state index contributed by atoms with van der Waals surface area (Å²) in [5.41, 5.74) is 1.63. The van der Waals surface area contributed by atoms with Gasteiger partial charge in [-0.25, -0.2) is 4.39 Å². The summed E-state index contributed by atoms with van der Waals surface area (Å²) in [4.78, 5) is -0.471. The predicted octanol–water partition coefficient (Wildman–Crippen LogP) is 3.09. The van der Waals surface area contributed by atoms with E-state index in [0.29, 0.717) is 12.2 Å². The number of hydrogen-bond acceptors (Lipinski definition) is 4. The number of halogens is 1. The van der Waals surface area contributed by atoms with E-state index in [1.165, 1.54) is 24.3 Å². The standard InChI is InChI=1S/C16H17FO4S/c1-12-3-8-16(15(17)11-12)22(18,19)21-14-6-4-13(5-7-14)9-10-20-2/h3-8,11H,9-10H2,1-2H3. The molecule has 0 aliphatic carbocycles. The van der Waals surface area contributed by atoms with E-state index in [-0.39, 0.29) is 5.75 Å². The minimum atomic E-state index is -4.19. The molecule has 0 atom stereocenters. The largest absolute Gasteiger partial charge is 0.384 e. The average Bonchev–Trinajstić information content (AvgIpc) is 2.45. The molecule has 4 nitrogen and oxygen atoms in total. The highest BCUT2D eigenvalue weighted by Gasteiger charge is 2.21. The molecule has 2 aromatic carbocycles. The van der Waals surface area contributed by atoms with Crippen molar-refractivity contribution in [2.45, 2.75) is 18.2 Å². The van der Waals surface area contributed by atoms with Crippen LogP contribution in [0.2, 0.25) is 0 Å². The fraction of sp³-hybridized carbons (Fsp3) is 0.250. The first-order valence-electron chi connectivity index (χ1n) is 6.71. The first kappa shape index (κ1) is 16.5. The number of hydrogen-bond donors (Lipinski definition) is 0. The van der Waals surface area contributed by atoms with Gasteiger partial charge in [-0.3, -0.25) is 0 Å². The number of rotatable bonds is 6. The molecule has 2 aromatic rings. The minimum Gasteiger partial charge on any atom is -0.384 e. The summed E-state index contributed by atoms with van der Waals surface area (Å²) in [6.45, 7) is 2.26. The summed E-state index contributed by atoms with van der Waals surface area (Å²) in [6, 6.07) is 10.4. The normalized spacial score (nSPS) is 11.4. The van der Waals surface area contributed by atoms with E-state index in [1.54, 1.807) is 26.2 Å². The number of methoxy groups -OCH3 is 1. The van der Waals surface area contributed by atoms with Gasteiger partial charge >= 0.3 is 10.1 Å². The fourth-order valence-electron chi connectivity index (χ4n) is 1.91. The van der Waals surface area contributed by atoms with Gasteiger partial charge in [-0.05, 0) is 48.7 Å². The van der Waals surface area contributed by atoms with Crippen LogP contribution < -0.4 is 4.18 Å². The Labute approximate surface area is 129 Å². The fourth-order valence-corrected chi connectivity index (χ4v) is 2.90. The molecule has 2 rings (SSSR count). The van der Waals surface area contributed by atoms with Crippen LogP contribution >= 0.6 is 0 Å². The zero-order chi connectivity index (χ0) is 16.2. The smallest absolute Gasteiger partial charge is 0.342 e. The van der Waals surface area contributed by atoms with E-state index < -0.39 is 20.8 Å². The molecule has 0 N–H and O–H groups in total. The van der Waals surface area contributed by atoms with E-state index in [2.05, 4.69) is 0 Å². The Morgan fingerprint density at radius 3 is 2.36 bits per heavy atom. The van der Waals surface area contributed by atoms with Gasteiger partial charge in [0.15, 0.2) is 0 Å². The van der Waals surface area contributed by atoms with E-state index in [0.717, 1.165) is 18.1 Å². The molecule has 0 aromatic heterocycles. The first-order valence-corrected chi connectivity index (χ1v) is 8.12. The van der Waals surface area contributed by atoms with Crippen LogP contribution in [-0.2, 0) is 21.3 Å². The zero-order valence-corrected chi connectivity index (χ0v) is 13.2. The third-order valence-corrected chi connectivity index (χ3v) is 4.36. The van der Waals surface area contributed by atoms with Gasteiger partial charge < -0.3 is 8.92 Å². The molecule has 0 aliphatic heterocycles. The molecular formula is C16H17FO4S. The lowest BCUT2D eigenvalue weighted by molar-refractivity contribution is 0.202. The molecule has 22 heavy (non-hydrogen) atoms. The van der Waals surface area contributed by atoms with Crippen molar-refractivity contribution in [1.29, 1.82) is 0 Å². The molecular weight excluding hydrogens is 307 g/mol. The maximum absolute atomic E-state index is 13.8. The topological polar surface area (TPSA) is 52.6 Å². The number of ether oxygens (including phenoxy) is 1. The Balaban J connectivity index is 2.18. The van der Waals surface area contributed by atoms with Crippen LogP contribution in [0.25, 0.3) is 0 Å². The highest BCUT2D eigenvalue weighted by atomic mass is 32.2. The van der Waals surface area contributed by atoms with E-state index in [4.69, 9.17) is 8.92 Å². The Kier molecular flexibility index (Phi) is 5.15. The Morgan fingerprint density at radius 2 is 1.77 bits per heavy atom. The lowest BCUT2D eigenvalue weighted by Gasteiger charge is -2.09. The third kappa shape index (κ3) is 4.05. The van der Waals surface area contributed by atoms with Crippen molar-refractivity contribution in [1.82, 2.24) is 0 Å². The van der Waals surface area contributed by atoms with Gasteiger partial charge in [-0.15, -0.1) is 0 Å². The lowest BCUT2D eigenvalue weighted by Crippen LogP contribution is -2.11. The average molecular weight is 324 g/mol. The number of aryl methyl sites for hydroxylation is 1. The summed E-state index contributed by atoms with van der Waals surface area (Å²) in [7, 11) is -2.58. The van der Waals surface area contributed by atoms with Gasteiger partial charge in [0.2, 0.25) is 0 Å². The zero-order valence-electron chi connectivity index (χ0n) is 12.4. The van der Waals surface area contributed by atoms with Gasteiger partial charge in [0.25, 0.3) is 0 Å². The second-order valence-electron chi connectivity index (χ2n) is 4.86. The summed E-state index contributed by atoms with van der Waals surface area (Å²) in [5, 5.41) is 0. The quantitative estimate of drug-likeness (QED) is 0.766. The molecule has 0 aliphatic rings. The van der Waals surface area contributed by atoms with Crippen molar-refractivity contribution in [3.8, 4) is 5.75 Å². The number of benzene rings is 2. The van der Waals surface area contributed by atoms with E-state index in [9.17, 15) is 12.8 Å². The second-order valence-corrected chi connectivity index (χ2v) is 6.37. The molecule has 0 amide bonds. The van der Waals surface area contributed by atoms with Crippen LogP contribution in [0.3, 0.4) is 0 Å². The monoisotopic (exact) mass is 324 g/mol. The SMILES string of the molecule is COCCc1ccc(OS(=O)(=O)c2ccc(C)cc2F)cc1. The van der Waals surface area contributed by atoms with Crippen LogP contribution in [0.1, 0.15) is 11.1 Å². The molecule has 0 fully saturated rings. The van der Waals surface area contributed by atoms with Crippen molar-refractivity contribution >= 4 is 10.1 Å². The van der Waals surface area contributed by atoms with Crippen LogP contribution in [0.4, 0.5) is 4.39 Å². The van der Waals surface area contributed by atoms with Crippen LogP contribution in [-0.4, -0.2) is 22.1 Å². The van der Waals surface area contributed by atoms with Gasteiger partial charge in [0.1, 0.15) is 16.5 Å². The van der Waals surface area contributed by atoms with Crippen LogP contribution in [0, 0.1) is 12.7 Å². The molecule has 118 valence electrons. The van der Waals surface area contributed by atoms with E-state index >= 15 is 0 Å².